The first-order chi connectivity index (χ1) is 13.4. The highest BCUT2D eigenvalue weighted by atomic mass is 35.5. The first-order valence-electron chi connectivity index (χ1n) is 10.6. The zero-order valence-corrected chi connectivity index (χ0v) is 17.0. The summed E-state index contributed by atoms with van der Waals surface area (Å²) in [5.74, 6) is 0.540. The Hall–Kier alpha value is -0.920. The molecular weight excluding hydrogens is 385 g/mol. The number of rotatable bonds is 7. The molecule has 5 fully saturated rings. The van der Waals surface area contributed by atoms with E-state index in [0.717, 1.165) is 32.5 Å². The van der Waals surface area contributed by atoms with Crippen molar-refractivity contribution in [1.29, 1.82) is 0 Å². The van der Waals surface area contributed by atoms with Crippen molar-refractivity contribution in [3.05, 3.63) is 0 Å². The number of nitrogens with one attached hydrogen (secondary N) is 3. The molecule has 6 nitrogen and oxygen atoms in total. The van der Waals surface area contributed by atoms with Crippen LogP contribution in [0.1, 0.15) is 51.4 Å². The Morgan fingerprint density at radius 3 is 2.54 bits per heavy atom. The summed E-state index contributed by atoms with van der Waals surface area (Å²) in [5, 5.41) is 9.06. The standard InChI is InChI=1S/C20H31ClFN3O3/c21-15-2-1-14(7-16(15)22)28-9-17(26)25-20-10-19(11-20,12-20)18(27)24-8-13-3-5-23-6-4-13/h13-16,23H,1-12H2,(H,24,27)(H,25,26). The third-order valence-corrected chi connectivity index (χ3v) is 7.51. The van der Waals surface area contributed by atoms with Crippen LogP contribution in [0.5, 0.6) is 0 Å². The first-order valence-corrected chi connectivity index (χ1v) is 11.0. The molecule has 5 aliphatic rings. The number of carbonyl (C=O) groups excluding carboxylic acids is 2. The maximum absolute atomic E-state index is 13.6. The van der Waals surface area contributed by atoms with Gasteiger partial charge in [-0.3, -0.25) is 9.59 Å². The molecule has 28 heavy (non-hydrogen) atoms. The fraction of sp³-hybridized carbons (Fsp3) is 0.900. The highest BCUT2D eigenvalue weighted by molar-refractivity contribution is 6.21. The molecule has 3 unspecified atom stereocenters. The number of piperidine rings is 1. The van der Waals surface area contributed by atoms with Crippen molar-refractivity contribution < 1.29 is 18.7 Å². The average molecular weight is 416 g/mol. The molecule has 158 valence electrons. The van der Waals surface area contributed by atoms with Crippen LogP contribution >= 0.6 is 11.6 Å². The highest BCUT2D eigenvalue weighted by Gasteiger charge is 2.72. The Morgan fingerprint density at radius 1 is 1.14 bits per heavy atom. The van der Waals surface area contributed by atoms with Gasteiger partial charge >= 0.3 is 0 Å². The summed E-state index contributed by atoms with van der Waals surface area (Å²) in [4.78, 5) is 24.7. The van der Waals surface area contributed by atoms with Crippen LogP contribution < -0.4 is 16.0 Å². The van der Waals surface area contributed by atoms with Gasteiger partial charge in [0, 0.05) is 18.5 Å². The zero-order valence-electron chi connectivity index (χ0n) is 16.3. The van der Waals surface area contributed by atoms with Gasteiger partial charge in [0.1, 0.15) is 12.8 Å². The molecule has 3 atom stereocenters. The van der Waals surface area contributed by atoms with E-state index in [1.165, 1.54) is 0 Å². The summed E-state index contributed by atoms with van der Waals surface area (Å²) in [6.07, 6.45) is 4.59. The predicted octanol–water partition coefficient (Wildman–Crippen LogP) is 1.66. The van der Waals surface area contributed by atoms with Gasteiger partial charge in [-0.2, -0.15) is 0 Å². The van der Waals surface area contributed by atoms with Gasteiger partial charge in [0.15, 0.2) is 0 Å². The third kappa shape index (κ3) is 4.17. The van der Waals surface area contributed by atoms with Crippen LogP contribution in [0.3, 0.4) is 0 Å². The van der Waals surface area contributed by atoms with Crippen LogP contribution in [0.2, 0.25) is 0 Å². The second-order valence-corrected chi connectivity index (χ2v) is 9.88. The molecule has 0 aromatic rings. The van der Waals surface area contributed by atoms with E-state index in [2.05, 4.69) is 16.0 Å². The molecule has 8 heteroatoms. The number of carbonyl (C=O) groups is 2. The largest absolute Gasteiger partial charge is 0.368 e. The van der Waals surface area contributed by atoms with Gasteiger partial charge in [0.05, 0.1) is 16.9 Å². The Balaban J connectivity index is 1.13. The summed E-state index contributed by atoms with van der Waals surface area (Å²) in [6, 6.07) is 0. The van der Waals surface area contributed by atoms with Crippen LogP contribution in [0.4, 0.5) is 4.39 Å². The van der Waals surface area contributed by atoms with Gasteiger partial charge in [-0.1, -0.05) is 0 Å². The van der Waals surface area contributed by atoms with E-state index in [0.29, 0.717) is 38.0 Å². The minimum Gasteiger partial charge on any atom is -0.368 e. The van der Waals surface area contributed by atoms with E-state index < -0.39 is 11.5 Å². The van der Waals surface area contributed by atoms with E-state index >= 15 is 0 Å². The van der Waals surface area contributed by atoms with E-state index in [1.54, 1.807) is 0 Å². The second-order valence-electron chi connectivity index (χ2n) is 9.32. The predicted molar refractivity (Wildman–Crippen MR) is 104 cm³/mol. The number of ether oxygens (including phenoxy) is 1. The molecule has 0 spiro atoms. The fourth-order valence-corrected chi connectivity index (χ4v) is 5.62. The molecule has 4 saturated carbocycles. The minimum absolute atomic E-state index is 0.0546. The normalized spacial score (nSPS) is 40.1. The molecular formula is C20H31ClFN3O3. The molecule has 0 radical (unpaired) electrons. The summed E-state index contributed by atoms with van der Waals surface area (Å²) < 4.78 is 19.2. The molecule has 3 N–H and O–H groups in total. The smallest absolute Gasteiger partial charge is 0.246 e. The van der Waals surface area contributed by atoms with Crippen LogP contribution in [0.15, 0.2) is 0 Å². The van der Waals surface area contributed by atoms with Crippen molar-refractivity contribution in [2.45, 2.75) is 74.6 Å². The van der Waals surface area contributed by atoms with Crippen LogP contribution in [0, 0.1) is 11.3 Å². The van der Waals surface area contributed by atoms with Gasteiger partial charge in [-0.25, -0.2) is 4.39 Å². The van der Waals surface area contributed by atoms with Gasteiger partial charge in [0.2, 0.25) is 11.8 Å². The SMILES string of the molecule is O=C(COC1CCC(Cl)C(F)C1)NC12CC(C(=O)NCC3CCNCC3)(C1)C2. The average Bonchev–Trinajstić information content (AvgIpc) is 2.63. The van der Waals surface area contributed by atoms with Crippen molar-refractivity contribution in [2.75, 3.05) is 26.2 Å². The number of amides is 2. The molecule has 0 aromatic carbocycles. The van der Waals surface area contributed by atoms with Gasteiger partial charge < -0.3 is 20.7 Å². The lowest BCUT2D eigenvalue weighted by Crippen LogP contribution is -2.78. The fourth-order valence-electron chi connectivity index (χ4n) is 5.39. The van der Waals surface area contributed by atoms with Crippen molar-refractivity contribution in [1.82, 2.24) is 16.0 Å². The third-order valence-electron chi connectivity index (χ3n) is 7.02. The monoisotopic (exact) mass is 415 g/mol. The summed E-state index contributed by atoms with van der Waals surface area (Å²) >= 11 is 5.87. The minimum atomic E-state index is -1.07. The lowest BCUT2D eigenvalue weighted by molar-refractivity contribution is -0.185. The quantitative estimate of drug-likeness (QED) is 0.552. The summed E-state index contributed by atoms with van der Waals surface area (Å²) in [6.45, 7) is 2.76. The number of halogens is 2. The zero-order chi connectivity index (χ0) is 19.8. The molecule has 4 aliphatic carbocycles. The van der Waals surface area contributed by atoms with E-state index in [4.69, 9.17) is 16.3 Å². The highest BCUT2D eigenvalue weighted by Crippen LogP contribution is 2.67. The van der Waals surface area contributed by atoms with Crippen molar-refractivity contribution in [2.24, 2.45) is 11.3 Å². The first kappa shape index (κ1) is 20.4. The van der Waals surface area contributed by atoms with Crippen molar-refractivity contribution >= 4 is 23.4 Å². The van der Waals surface area contributed by atoms with Gasteiger partial charge in [-0.05, 0) is 64.0 Å². The molecule has 2 bridgehead atoms. The molecule has 2 amide bonds. The van der Waals surface area contributed by atoms with E-state index in [1.807, 2.05) is 0 Å². The molecule has 0 aromatic heterocycles. The van der Waals surface area contributed by atoms with Crippen LogP contribution in [-0.4, -0.2) is 61.2 Å². The number of hydrogen-bond donors (Lipinski definition) is 3. The maximum Gasteiger partial charge on any atom is 0.246 e. The second kappa shape index (κ2) is 8.07. The Bertz CT molecular complexity index is 594. The van der Waals surface area contributed by atoms with Crippen LogP contribution in [0.25, 0.3) is 0 Å². The van der Waals surface area contributed by atoms with Crippen molar-refractivity contribution in [3.8, 4) is 0 Å². The Kier molecular flexibility index (Phi) is 5.87. The van der Waals surface area contributed by atoms with Gasteiger partial charge in [-0.15, -0.1) is 11.6 Å². The molecule has 5 rings (SSSR count). The lowest BCUT2D eigenvalue weighted by atomic mass is 9.39. The van der Waals surface area contributed by atoms with Crippen molar-refractivity contribution in [3.63, 3.8) is 0 Å². The molecule has 1 heterocycles. The molecule has 1 aliphatic heterocycles. The Labute approximate surface area is 170 Å². The van der Waals surface area contributed by atoms with Crippen LogP contribution in [-0.2, 0) is 14.3 Å². The van der Waals surface area contributed by atoms with E-state index in [-0.39, 0.29) is 41.9 Å². The number of hydrogen-bond acceptors (Lipinski definition) is 4. The summed E-state index contributed by atoms with van der Waals surface area (Å²) in [5.41, 5.74) is -0.510. The van der Waals surface area contributed by atoms with Gasteiger partial charge in [0.25, 0.3) is 0 Å². The maximum atomic E-state index is 13.6. The number of alkyl halides is 2. The molecule has 1 saturated heterocycles. The summed E-state index contributed by atoms with van der Waals surface area (Å²) in [7, 11) is 0. The lowest BCUT2D eigenvalue weighted by Gasteiger charge is -2.69. The van der Waals surface area contributed by atoms with E-state index in [9.17, 15) is 14.0 Å². The topological polar surface area (TPSA) is 79.5 Å². The Morgan fingerprint density at radius 2 is 1.86 bits per heavy atom.